The van der Waals surface area contributed by atoms with Crippen LogP contribution in [0.3, 0.4) is 0 Å². The molecule has 1 amide bonds. The van der Waals surface area contributed by atoms with E-state index in [1.54, 1.807) is 0 Å². The van der Waals surface area contributed by atoms with E-state index in [1.807, 2.05) is 43.8 Å². The van der Waals surface area contributed by atoms with Crippen LogP contribution in [0.25, 0.3) is 0 Å². The minimum atomic E-state index is -0.450. The van der Waals surface area contributed by atoms with Crippen molar-refractivity contribution < 1.29 is 4.79 Å². The van der Waals surface area contributed by atoms with Crippen LogP contribution in [0, 0.1) is 5.41 Å². The fourth-order valence-electron chi connectivity index (χ4n) is 2.17. The molecule has 120 valence electrons. The van der Waals surface area contributed by atoms with Crippen LogP contribution in [0.2, 0.25) is 0 Å². The lowest BCUT2D eigenvalue weighted by Crippen LogP contribution is -2.41. The highest BCUT2D eigenvalue weighted by Gasteiger charge is 2.33. The second-order valence-electron chi connectivity index (χ2n) is 4.98. The zero-order valence-corrected chi connectivity index (χ0v) is 14.8. The van der Waals surface area contributed by atoms with Crippen LogP contribution < -0.4 is 11.1 Å². The van der Waals surface area contributed by atoms with Gasteiger partial charge in [0.25, 0.3) is 0 Å². The number of halogens is 1. The lowest BCUT2D eigenvalue weighted by atomic mass is 9.81. The van der Waals surface area contributed by atoms with Gasteiger partial charge >= 0.3 is 0 Å². The van der Waals surface area contributed by atoms with E-state index in [2.05, 4.69) is 18.3 Å². The van der Waals surface area contributed by atoms with Gasteiger partial charge in [-0.05, 0) is 36.3 Å². The van der Waals surface area contributed by atoms with Crippen molar-refractivity contribution in [3.8, 4) is 0 Å². The first kappa shape index (κ1) is 20.3. The Hall–Kier alpha value is -0.710. The van der Waals surface area contributed by atoms with Gasteiger partial charge in [-0.3, -0.25) is 4.79 Å². The monoisotopic (exact) mass is 330 g/mol. The lowest BCUT2D eigenvalue weighted by Gasteiger charge is -2.28. The van der Waals surface area contributed by atoms with E-state index in [0.29, 0.717) is 6.54 Å². The molecule has 0 radical (unpaired) electrons. The Morgan fingerprint density at radius 1 is 1.29 bits per heavy atom. The van der Waals surface area contributed by atoms with Crippen LogP contribution >= 0.6 is 24.2 Å². The van der Waals surface area contributed by atoms with Crippen molar-refractivity contribution in [2.45, 2.75) is 39.4 Å². The number of nitrogens with one attached hydrogen (secondary N) is 1. The molecule has 3 N–H and O–H groups in total. The molecule has 1 aromatic rings. The van der Waals surface area contributed by atoms with Crippen LogP contribution in [0.5, 0.6) is 0 Å². The predicted molar refractivity (Wildman–Crippen MR) is 96.2 cm³/mol. The molecule has 0 bridgehead atoms. The number of benzene rings is 1. The molecule has 21 heavy (non-hydrogen) atoms. The number of hydrogen-bond donors (Lipinski definition) is 2. The zero-order chi connectivity index (χ0) is 15.0. The van der Waals surface area contributed by atoms with Crippen LogP contribution in [0.4, 0.5) is 5.69 Å². The van der Waals surface area contributed by atoms with Crippen LogP contribution in [-0.4, -0.2) is 18.2 Å². The maximum absolute atomic E-state index is 12.5. The minimum Gasteiger partial charge on any atom is -0.329 e. The number of amides is 1. The highest BCUT2D eigenvalue weighted by Crippen LogP contribution is 2.27. The van der Waals surface area contributed by atoms with Crippen molar-refractivity contribution in [3.05, 3.63) is 29.8 Å². The largest absolute Gasteiger partial charge is 0.329 e. The van der Waals surface area contributed by atoms with Crippen molar-refractivity contribution >= 4 is 35.8 Å². The summed E-state index contributed by atoms with van der Waals surface area (Å²) < 4.78 is 0. The van der Waals surface area contributed by atoms with Crippen molar-refractivity contribution in [3.63, 3.8) is 0 Å². The number of nitrogens with two attached hydrogens (primary N) is 1. The molecule has 0 unspecified atom stereocenters. The average molecular weight is 331 g/mol. The van der Waals surface area contributed by atoms with Gasteiger partial charge in [-0.1, -0.05) is 32.9 Å². The van der Waals surface area contributed by atoms with E-state index >= 15 is 0 Å². The molecular weight excluding hydrogens is 304 g/mol. The van der Waals surface area contributed by atoms with Gasteiger partial charge in [-0.2, -0.15) is 11.8 Å². The van der Waals surface area contributed by atoms with Gasteiger partial charge in [0.1, 0.15) is 0 Å². The molecule has 0 saturated heterocycles. The molecule has 0 atom stereocenters. The molecule has 3 nitrogen and oxygen atoms in total. The Bertz CT molecular complexity index is 428. The Balaban J connectivity index is 0.00000400. The summed E-state index contributed by atoms with van der Waals surface area (Å²) in [5.41, 5.74) is 7.47. The van der Waals surface area contributed by atoms with Crippen molar-refractivity contribution in [1.29, 1.82) is 0 Å². The molecule has 1 aromatic carbocycles. The van der Waals surface area contributed by atoms with Gasteiger partial charge in [-0.15, -0.1) is 12.4 Å². The van der Waals surface area contributed by atoms with Crippen LogP contribution in [0.15, 0.2) is 24.3 Å². The van der Waals surface area contributed by atoms with Gasteiger partial charge in [0, 0.05) is 18.0 Å². The molecule has 0 aromatic heterocycles. The number of anilines is 1. The Labute approximate surface area is 138 Å². The molecule has 0 aliphatic heterocycles. The van der Waals surface area contributed by atoms with E-state index in [4.69, 9.17) is 5.73 Å². The number of thioether (sulfide) groups is 1. The third-order valence-electron chi connectivity index (χ3n) is 3.88. The summed E-state index contributed by atoms with van der Waals surface area (Å²) in [7, 11) is 0. The number of rotatable bonds is 8. The second kappa shape index (κ2) is 10.1. The van der Waals surface area contributed by atoms with Crippen molar-refractivity contribution in [2.24, 2.45) is 11.1 Å². The second-order valence-corrected chi connectivity index (χ2v) is 6.26. The number of carbonyl (C=O) groups is 1. The Kier molecular flexibility index (Phi) is 9.75. The Morgan fingerprint density at radius 2 is 1.95 bits per heavy atom. The standard InChI is InChI=1S/C16H26N2OS.ClH/c1-4-16(5-2,12-17)15(19)18-14-9-7-8-13(10-14)11-20-6-3;/h7-10H,4-6,11-12,17H2,1-3H3,(H,18,19);1H. The summed E-state index contributed by atoms with van der Waals surface area (Å²) in [5.74, 6) is 2.10. The number of hydrogen-bond acceptors (Lipinski definition) is 3. The maximum atomic E-state index is 12.5. The van der Waals surface area contributed by atoms with E-state index in [-0.39, 0.29) is 18.3 Å². The third kappa shape index (κ3) is 5.53. The predicted octanol–water partition coefficient (Wildman–Crippen LogP) is 4.07. The highest BCUT2D eigenvalue weighted by atomic mass is 35.5. The summed E-state index contributed by atoms with van der Waals surface area (Å²) >= 11 is 1.88. The molecule has 0 aliphatic rings. The fourth-order valence-corrected chi connectivity index (χ4v) is 2.79. The van der Waals surface area contributed by atoms with E-state index < -0.39 is 5.41 Å². The maximum Gasteiger partial charge on any atom is 0.231 e. The smallest absolute Gasteiger partial charge is 0.231 e. The molecule has 0 spiro atoms. The normalized spacial score (nSPS) is 10.9. The van der Waals surface area contributed by atoms with Crippen LogP contribution in [0.1, 0.15) is 39.2 Å². The summed E-state index contributed by atoms with van der Waals surface area (Å²) in [6.07, 6.45) is 1.52. The van der Waals surface area contributed by atoms with Gasteiger partial charge in [0.2, 0.25) is 5.91 Å². The minimum absolute atomic E-state index is 0. The van der Waals surface area contributed by atoms with Crippen LogP contribution in [-0.2, 0) is 10.5 Å². The summed E-state index contributed by atoms with van der Waals surface area (Å²) in [5, 5.41) is 3.02. The van der Waals surface area contributed by atoms with E-state index in [1.165, 1.54) is 5.56 Å². The summed E-state index contributed by atoms with van der Waals surface area (Å²) in [4.78, 5) is 12.5. The van der Waals surface area contributed by atoms with E-state index in [9.17, 15) is 4.79 Å². The number of carbonyl (C=O) groups excluding carboxylic acids is 1. The third-order valence-corrected chi connectivity index (χ3v) is 4.83. The molecular formula is C16H27ClN2OS. The quantitative estimate of drug-likeness (QED) is 0.755. The lowest BCUT2D eigenvalue weighted by molar-refractivity contribution is -0.125. The molecule has 5 heteroatoms. The average Bonchev–Trinajstić information content (AvgIpc) is 2.48. The first-order chi connectivity index (χ1) is 9.61. The zero-order valence-electron chi connectivity index (χ0n) is 13.1. The molecule has 1 rings (SSSR count). The molecule has 0 aliphatic carbocycles. The topological polar surface area (TPSA) is 55.1 Å². The van der Waals surface area contributed by atoms with E-state index in [0.717, 1.165) is 30.0 Å². The van der Waals surface area contributed by atoms with Gasteiger partial charge < -0.3 is 11.1 Å². The molecule has 0 fully saturated rings. The van der Waals surface area contributed by atoms with Gasteiger partial charge in [-0.25, -0.2) is 0 Å². The highest BCUT2D eigenvalue weighted by molar-refractivity contribution is 7.98. The molecule has 0 heterocycles. The Morgan fingerprint density at radius 3 is 2.48 bits per heavy atom. The summed E-state index contributed by atoms with van der Waals surface area (Å²) in [6, 6.07) is 8.06. The summed E-state index contributed by atoms with van der Waals surface area (Å²) in [6.45, 7) is 6.57. The molecule has 0 saturated carbocycles. The SMILES string of the molecule is CCSCc1cccc(NC(=O)C(CC)(CC)CN)c1.Cl. The first-order valence-electron chi connectivity index (χ1n) is 7.30. The van der Waals surface area contributed by atoms with Gasteiger partial charge in [0.15, 0.2) is 0 Å². The fraction of sp³-hybridized carbons (Fsp3) is 0.562. The first-order valence-corrected chi connectivity index (χ1v) is 8.45. The van der Waals surface area contributed by atoms with Crippen molar-refractivity contribution in [1.82, 2.24) is 0 Å². The van der Waals surface area contributed by atoms with Gasteiger partial charge in [0.05, 0.1) is 5.41 Å². The van der Waals surface area contributed by atoms with Crippen molar-refractivity contribution in [2.75, 3.05) is 17.6 Å².